The first-order chi connectivity index (χ1) is 7.13. The number of hydrogen-bond donors (Lipinski definition) is 1. The van der Waals surface area contributed by atoms with E-state index in [1.807, 2.05) is 0 Å². The fourth-order valence-electron chi connectivity index (χ4n) is 2.11. The third kappa shape index (κ3) is 2.82. The predicted octanol–water partition coefficient (Wildman–Crippen LogP) is 3.82. The normalized spacial score (nSPS) is 19.9. The van der Waals surface area contributed by atoms with E-state index in [-0.39, 0.29) is 5.54 Å². The van der Waals surface area contributed by atoms with Crippen LogP contribution in [0.2, 0.25) is 0 Å². The van der Waals surface area contributed by atoms with Gasteiger partial charge >= 0.3 is 0 Å². The lowest BCUT2D eigenvalue weighted by molar-refractivity contribution is 0.505. The molecule has 1 atom stereocenters. The summed E-state index contributed by atoms with van der Waals surface area (Å²) in [6, 6.07) is 8.62. The van der Waals surface area contributed by atoms with Crippen LogP contribution in [0.3, 0.4) is 0 Å². The van der Waals surface area contributed by atoms with E-state index in [1.165, 1.54) is 29.3 Å². The van der Waals surface area contributed by atoms with Gasteiger partial charge in [-0.1, -0.05) is 35.0 Å². The molecule has 1 aliphatic rings. The van der Waals surface area contributed by atoms with Crippen molar-refractivity contribution in [3.05, 3.63) is 34.3 Å². The van der Waals surface area contributed by atoms with Crippen molar-refractivity contribution in [2.24, 2.45) is 5.73 Å². The zero-order chi connectivity index (χ0) is 10.9. The first-order valence-corrected chi connectivity index (χ1v) is 6.46. The third-order valence-electron chi connectivity index (χ3n) is 3.36. The van der Waals surface area contributed by atoms with Crippen LogP contribution in [0.1, 0.15) is 44.1 Å². The van der Waals surface area contributed by atoms with Gasteiger partial charge in [0.15, 0.2) is 0 Å². The van der Waals surface area contributed by atoms with Crippen LogP contribution in [0.4, 0.5) is 0 Å². The number of nitrogens with two attached hydrogens (primary N) is 1. The topological polar surface area (TPSA) is 26.0 Å². The standard InChI is InChI=1S/C13H18BrN/c1-2-10(9-13(15)6-7-13)11-4-3-5-12(14)8-11/h3-5,8,10H,2,6-7,9,15H2,1H3. The van der Waals surface area contributed by atoms with Gasteiger partial charge in [-0.05, 0) is 49.3 Å². The highest BCUT2D eigenvalue weighted by Crippen LogP contribution is 2.42. The van der Waals surface area contributed by atoms with Crippen molar-refractivity contribution < 1.29 is 0 Å². The average molecular weight is 268 g/mol. The molecule has 2 rings (SSSR count). The quantitative estimate of drug-likeness (QED) is 0.882. The van der Waals surface area contributed by atoms with E-state index in [0.29, 0.717) is 5.92 Å². The van der Waals surface area contributed by atoms with Crippen LogP contribution < -0.4 is 5.73 Å². The Morgan fingerprint density at radius 3 is 2.73 bits per heavy atom. The molecule has 15 heavy (non-hydrogen) atoms. The Labute approximate surface area is 100 Å². The van der Waals surface area contributed by atoms with Gasteiger partial charge in [-0.15, -0.1) is 0 Å². The summed E-state index contributed by atoms with van der Waals surface area (Å²) < 4.78 is 1.17. The molecule has 0 aliphatic heterocycles. The van der Waals surface area contributed by atoms with Crippen LogP contribution in [0, 0.1) is 0 Å². The van der Waals surface area contributed by atoms with Crippen molar-refractivity contribution in [3.8, 4) is 0 Å². The summed E-state index contributed by atoms with van der Waals surface area (Å²) in [6.07, 6.45) is 4.73. The average Bonchev–Trinajstić information content (AvgIpc) is 2.93. The zero-order valence-electron chi connectivity index (χ0n) is 9.17. The van der Waals surface area contributed by atoms with Crippen LogP contribution >= 0.6 is 15.9 Å². The fourth-order valence-corrected chi connectivity index (χ4v) is 2.53. The minimum absolute atomic E-state index is 0.156. The van der Waals surface area contributed by atoms with Crippen molar-refractivity contribution in [1.82, 2.24) is 0 Å². The minimum atomic E-state index is 0.156. The molecule has 0 saturated heterocycles. The molecule has 0 heterocycles. The van der Waals surface area contributed by atoms with E-state index in [4.69, 9.17) is 5.73 Å². The van der Waals surface area contributed by atoms with Crippen molar-refractivity contribution in [2.75, 3.05) is 0 Å². The van der Waals surface area contributed by atoms with Crippen LogP contribution in [0.5, 0.6) is 0 Å². The highest BCUT2D eigenvalue weighted by atomic mass is 79.9. The van der Waals surface area contributed by atoms with Crippen LogP contribution in [0.15, 0.2) is 28.7 Å². The second kappa shape index (κ2) is 4.26. The minimum Gasteiger partial charge on any atom is -0.325 e. The largest absolute Gasteiger partial charge is 0.325 e. The molecule has 0 amide bonds. The molecule has 0 bridgehead atoms. The van der Waals surface area contributed by atoms with Gasteiger partial charge in [-0.3, -0.25) is 0 Å². The maximum atomic E-state index is 6.19. The Kier molecular flexibility index (Phi) is 3.17. The summed E-state index contributed by atoms with van der Waals surface area (Å²) in [5.41, 5.74) is 7.76. The summed E-state index contributed by atoms with van der Waals surface area (Å²) in [6.45, 7) is 2.25. The SMILES string of the molecule is CCC(CC1(N)CC1)c1cccc(Br)c1. The number of halogens is 1. The molecule has 0 aromatic heterocycles. The van der Waals surface area contributed by atoms with Gasteiger partial charge in [-0.25, -0.2) is 0 Å². The lowest BCUT2D eigenvalue weighted by Gasteiger charge is -2.19. The molecule has 1 fully saturated rings. The Hall–Kier alpha value is -0.340. The highest BCUT2D eigenvalue weighted by molar-refractivity contribution is 9.10. The molecule has 1 aromatic rings. The summed E-state index contributed by atoms with van der Waals surface area (Å²) in [5, 5.41) is 0. The van der Waals surface area contributed by atoms with Crippen molar-refractivity contribution in [1.29, 1.82) is 0 Å². The molecule has 1 aliphatic carbocycles. The van der Waals surface area contributed by atoms with Gasteiger partial charge < -0.3 is 5.73 Å². The van der Waals surface area contributed by atoms with E-state index >= 15 is 0 Å². The maximum absolute atomic E-state index is 6.19. The molecular weight excluding hydrogens is 250 g/mol. The molecular formula is C13H18BrN. The molecule has 82 valence electrons. The Balaban J connectivity index is 2.11. The van der Waals surface area contributed by atoms with Crippen LogP contribution in [0.25, 0.3) is 0 Å². The Morgan fingerprint density at radius 2 is 2.20 bits per heavy atom. The van der Waals surface area contributed by atoms with E-state index in [9.17, 15) is 0 Å². The van der Waals surface area contributed by atoms with E-state index < -0.39 is 0 Å². The van der Waals surface area contributed by atoms with E-state index in [0.717, 1.165) is 6.42 Å². The first kappa shape index (κ1) is 11.2. The first-order valence-electron chi connectivity index (χ1n) is 5.67. The monoisotopic (exact) mass is 267 g/mol. The molecule has 1 nitrogen and oxygen atoms in total. The number of benzene rings is 1. The number of rotatable bonds is 4. The van der Waals surface area contributed by atoms with Crippen LogP contribution in [-0.4, -0.2) is 5.54 Å². The van der Waals surface area contributed by atoms with Gasteiger partial charge in [-0.2, -0.15) is 0 Å². The summed E-state index contributed by atoms with van der Waals surface area (Å²) in [7, 11) is 0. The molecule has 2 heteroatoms. The lowest BCUT2D eigenvalue weighted by Crippen LogP contribution is -2.24. The maximum Gasteiger partial charge on any atom is 0.0178 e. The highest BCUT2D eigenvalue weighted by Gasteiger charge is 2.39. The van der Waals surface area contributed by atoms with Gasteiger partial charge in [0.25, 0.3) is 0 Å². The van der Waals surface area contributed by atoms with Gasteiger partial charge in [0.2, 0.25) is 0 Å². The molecule has 0 radical (unpaired) electrons. The molecule has 1 aromatic carbocycles. The Morgan fingerprint density at radius 1 is 1.47 bits per heavy atom. The van der Waals surface area contributed by atoms with Gasteiger partial charge in [0, 0.05) is 10.0 Å². The van der Waals surface area contributed by atoms with Crippen molar-refractivity contribution >= 4 is 15.9 Å². The fraction of sp³-hybridized carbons (Fsp3) is 0.538. The van der Waals surface area contributed by atoms with E-state index in [1.54, 1.807) is 0 Å². The predicted molar refractivity (Wildman–Crippen MR) is 67.9 cm³/mol. The lowest BCUT2D eigenvalue weighted by atomic mass is 9.89. The zero-order valence-corrected chi connectivity index (χ0v) is 10.8. The second-order valence-corrected chi connectivity index (χ2v) is 5.64. The van der Waals surface area contributed by atoms with Crippen molar-refractivity contribution in [2.45, 2.75) is 44.1 Å². The molecule has 0 spiro atoms. The molecule has 1 unspecified atom stereocenters. The third-order valence-corrected chi connectivity index (χ3v) is 3.85. The smallest absolute Gasteiger partial charge is 0.0178 e. The summed E-state index contributed by atoms with van der Waals surface area (Å²) in [5.74, 6) is 0.620. The molecule has 1 saturated carbocycles. The Bertz CT molecular complexity index is 344. The van der Waals surface area contributed by atoms with Crippen LogP contribution in [-0.2, 0) is 0 Å². The number of hydrogen-bond acceptors (Lipinski definition) is 1. The van der Waals surface area contributed by atoms with Gasteiger partial charge in [0.05, 0.1) is 0 Å². The van der Waals surface area contributed by atoms with Crippen molar-refractivity contribution in [3.63, 3.8) is 0 Å². The van der Waals surface area contributed by atoms with Gasteiger partial charge in [0.1, 0.15) is 0 Å². The summed E-state index contributed by atoms with van der Waals surface area (Å²) in [4.78, 5) is 0. The molecule has 2 N–H and O–H groups in total. The van der Waals surface area contributed by atoms with E-state index in [2.05, 4.69) is 47.1 Å². The summed E-state index contributed by atoms with van der Waals surface area (Å²) >= 11 is 3.52. The second-order valence-electron chi connectivity index (χ2n) is 4.73.